The number of hydrogen-bond donors (Lipinski definition) is 5. The molecule has 0 radical (unpaired) electrons. The van der Waals surface area contributed by atoms with E-state index >= 15 is 0 Å². The molecule has 1 amide bonds. The maximum atomic E-state index is 11.2. The molecule has 1 saturated heterocycles. The van der Waals surface area contributed by atoms with E-state index in [0.29, 0.717) is 6.61 Å². The highest BCUT2D eigenvalue weighted by molar-refractivity contribution is 5.95. The predicted molar refractivity (Wildman–Crippen MR) is 76.9 cm³/mol. The molecule has 0 spiro atoms. The van der Waals surface area contributed by atoms with Crippen LogP contribution in [0.3, 0.4) is 0 Å². The standard InChI is InChI=1S/C13H22N4O5/c1-2-3-4-21-9-6(5-18)22-10(8(9)19)13-16-7(12(15)20)11(14)17-13/h6,8-10,18-19H,2-5,14H2,1H3,(H2,15,20)(H,16,17)/t6-,8-,9-,10-/m1/s1. The molecule has 0 saturated carbocycles. The number of aliphatic hydroxyl groups is 2. The third kappa shape index (κ3) is 3.22. The fraction of sp³-hybridized carbons (Fsp3) is 0.692. The van der Waals surface area contributed by atoms with Gasteiger partial charge in [-0.1, -0.05) is 13.3 Å². The van der Waals surface area contributed by atoms with Crippen molar-refractivity contribution < 1.29 is 24.5 Å². The van der Waals surface area contributed by atoms with Gasteiger partial charge in [0.25, 0.3) is 5.91 Å². The molecule has 7 N–H and O–H groups in total. The van der Waals surface area contributed by atoms with Gasteiger partial charge >= 0.3 is 0 Å². The van der Waals surface area contributed by atoms with Crippen LogP contribution in [0.2, 0.25) is 0 Å². The van der Waals surface area contributed by atoms with Crippen LogP contribution in [0.4, 0.5) is 5.82 Å². The molecule has 1 aliphatic rings. The Morgan fingerprint density at radius 1 is 1.55 bits per heavy atom. The summed E-state index contributed by atoms with van der Waals surface area (Å²) in [5, 5.41) is 19.7. The minimum Gasteiger partial charge on any atom is -0.394 e. The average Bonchev–Trinajstić information content (AvgIpc) is 3.00. The number of amides is 1. The zero-order chi connectivity index (χ0) is 16.3. The lowest BCUT2D eigenvalue weighted by Gasteiger charge is -2.19. The molecule has 22 heavy (non-hydrogen) atoms. The second-order valence-corrected chi connectivity index (χ2v) is 5.21. The van der Waals surface area contributed by atoms with Crippen LogP contribution >= 0.6 is 0 Å². The number of nitrogens with zero attached hydrogens (tertiary/aromatic N) is 1. The maximum Gasteiger partial charge on any atom is 0.271 e. The summed E-state index contributed by atoms with van der Waals surface area (Å²) in [4.78, 5) is 17.8. The van der Waals surface area contributed by atoms with Crippen LogP contribution in [0, 0.1) is 0 Å². The Morgan fingerprint density at radius 2 is 2.27 bits per heavy atom. The zero-order valence-corrected chi connectivity index (χ0v) is 12.4. The quantitative estimate of drug-likeness (QED) is 0.407. The number of ether oxygens (including phenoxy) is 2. The van der Waals surface area contributed by atoms with Gasteiger partial charge in [0, 0.05) is 6.61 Å². The van der Waals surface area contributed by atoms with E-state index in [9.17, 15) is 15.0 Å². The van der Waals surface area contributed by atoms with Gasteiger partial charge in [0.05, 0.1) is 6.61 Å². The molecule has 4 atom stereocenters. The van der Waals surface area contributed by atoms with E-state index in [2.05, 4.69) is 9.97 Å². The number of unbranched alkanes of at least 4 members (excludes halogenated alkanes) is 1. The van der Waals surface area contributed by atoms with Gasteiger partial charge in [0.1, 0.15) is 36.1 Å². The first-order valence-electron chi connectivity index (χ1n) is 7.20. The molecule has 2 heterocycles. The highest BCUT2D eigenvalue weighted by atomic mass is 16.6. The van der Waals surface area contributed by atoms with Crippen molar-refractivity contribution >= 4 is 11.7 Å². The lowest BCUT2D eigenvalue weighted by molar-refractivity contribution is -0.0554. The van der Waals surface area contributed by atoms with Gasteiger partial charge in [-0.15, -0.1) is 0 Å². The van der Waals surface area contributed by atoms with Crippen LogP contribution in [0.1, 0.15) is 42.2 Å². The third-order valence-electron chi connectivity index (χ3n) is 3.58. The first-order chi connectivity index (χ1) is 10.5. The number of H-pyrrole nitrogens is 1. The summed E-state index contributed by atoms with van der Waals surface area (Å²) in [5.74, 6) is -0.588. The number of nitrogens with one attached hydrogen (secondary N) is 1. The van der Waals surface area contributed by atoms with Crippen LogP contribution in [0.5, 0.6) is 0 Å². The summed E-state index contributed by atoms with van der Waals surface area (Å²) >= 11 is 0. The van der Waals surface area contributed by atoms with E-state index in [0.717, 1.165) is 12.8 Å². The third-order valence-corrected chi connectivity index (χ3v) is 3.58. The van der Waals surface area contributed by atoms with E-state index in [1.807, 2.05) is 6.92 Å². The van der Waals surface area contributed by atoms with E-state index in [1.165, 1.54) is 0 Å². The van der Waals surface area contributed by atoms with E-state index in [1.54, 1.807) is 0 Å². The topological polar surface area (TPSA) is 157 Å². The smallest absolute Gasteiger partial charge is 0.271 e. The van der Waals surface area contributed by atoms with Gasteiger partial charge in [-0.25, -0.2) is 4.98 Å². The van der Waals surface area contributed by atoms with Crippen molar-refractivity contribution in [2.24, 2.45) is 5.73 Å². The van der Waals surface area contributed by atoms with Gasteiger partial charge < -0.3 is 36.1 Å². The molecule has 0 unspecified atom stereocenters. The first-order valence-corrected chi connectivity index (χ1v) is 7.20. The van der Waals surface area contributed by atoms with Gasteiger partial charge in [0.15, 0.2) is 5.69 Å². The first kappa shape index (κ1) is 16.7. The summed E-state index contributed by atoms with van der Waals surface area (Å²) in [6.45, 7) is 2.18. The van der Waals surface area contributed by atoms with Crippen LogP contribution in [0.25, 0.3) is 0 Å². The van der Waals surface area contributed by atoms with Crippen LogP contribution in [0.15, 0.2) is 0 Å². The Labute approximate surface area is 127 Å². The summed E-state index contributed by atoms with van der Waals surface area (Å²) < 4.78 is 11.2. The van der Waals surface area contributed by atoms with Crippen molar-refractivity contribution in [2.75, 3.05) is 18.9 Å². The molecular weight excluding hydrogens is 292 g/mol. The average molecular weight is 314 g/mol. The Balaban J connectivity index is 2.15. The molecule has 9 heteroatoms. The summed E-state index contributed by atoms with van der Waals surface area (Å²) in [5.41, 5.74) is 10.7. The number of nitrogen functional groups attached to an aromatic ring is 1. The molecule has 0 aromatic carbocycles. The Bertz CT molecular complexity index is 521. The number of aliphatic hydroxyl groups excluding tert-OH is 2. The molecule has 0 bridgehead atoms. The fourth-order valence-corrected chi connectivity index (χ4v) is 2.41. The fourth-order valence-electron chi connectivity index (χ4n) is 2.41. The van der Waals surface area contributed by atoms with E-state index in [-0.39, 0.29) is 23.9 Å². The van der Waals surface area contributed by atoms with Gasteiger partial charge in [-0.3, -0.25) is 4.79 Å². The Morgan fingerprint density at radius 3 is 2.82 bits per heavy atom. The monoisotopic (exact) mass is 314 g/mol. The number of primary amides is 1. The highest BCUT2D eigenvalue weighted by Gasteiger charge is 2.46. The molecular formula is C13H22N4O5. The number of aromatic amines is 1. The second kappa shape index (κ2) is 7.05. The molecule has 1 aliphatic heterocycles. The van der Waals surface area contributed by atoms with E-state index < -0.39 is 30.3 Å². The van der Waals surface area contributed by atoms with Crippen molar-refractivity contribution in [2.45, 2.75) is 44.2 Å². The number of carbonyl (C=O) groups excluding carboxylic acids is 1. The van der Waals surface area contributed by atoms with Crippen molar-refractivity contribution in [3.8, 4) is 0 Å². The number of carbonyl (C=O) groups is 1. The largest absolute Gasteiger partial charge is 0.394 e. The van der Waals surface area contributed by atoms with Crippen molar-refractivity contribution in [3.05, 3.63) is 11.5 Å². The van der Waals surface area contributed by atoms with Crippen molar-refractivity contribution in [1.29, 1.82) is 0 Å². The second-order valence-electron chi connectivity index (χ2n) is 5.21. The SMILES string of the molecule is CCCCO[C@H]1[C@@H](O)[C@H](c2nc(C(N)=O)c(N)[nH]2)O[C@@H]1CO. The molecule has 124 valence electrons. The van der Waals surface area contributed by atoms with Crippen LogP contribution in [-0.2, 0) is 9.47 Å². The van der Waals surface area contributed by atoms with Crippen LogP contribution < -0.4 is 11.5 Å². The molecule has 1 fully saturated rings. The molecule has 1 aromatic heterocycles. The number of nitrogens with two attached hydrogens (primary N) is 2. The summed E-state index contributed by atoms with van der Waals surface area (Å²) in [7, 11) is 0. The Kier molecular flexibility index (Phi) is 5.35. The van der Waals surface area contributed by atoms with Crippen molar-refractivity contribution in [3.63, 3.8) is 0 Å². The number of rotatable bonds is 7. The molecule has 1 aromatic rings. The number of hydrogen-bond acceptors (Lipinski definition) is 7. The number of anilines is 1. The zero-order valence-electron chi connectivity index (χ0n) is 12.4. The molecule has 0 aliphatic carbocycles. The van der Waals surface area contributed by atoms with E-state index in [4.69, 9.17) is 20.9 Å². The molecule has 2 rings (SSSR count). The van der Waals surface area contributed by atoms with Crippen molar-refractivity contribution in [1.82, 2.24) is 9.97 Å². The minimum atomic E-state index is -1.04. The van der Waals surface area contributed by atoms with Gasteiger partial charge in [0.2, 0.25) is 0 Å². The predicted octanol–water partition coefficient (Wildman–Crippen LogP) is -0.931. The lowest BCUT2D eigenvalue weighted by atomic mass is 10.1. The molecule has 9 nitrogen and oxygen atoms in total. The number of imidazole rings is 1. The van der Waals surface area contributed by atoms with Crippen LogP contribution in [-0.4, -0.2) is 57.6 Å². The summed E-state index contributed by atoms with van der Waals surface area (Å²) in [6, 6.07) is 0. The lowest BCUT2D eigenvalue weighted by Crippen LogP contribution is -2.36. The normalized spacial score (nSPS) is 28.1. The number of aromatic nitrogens is 2. The van der Waals surface area contributed by atoms with Gasteiger partial charge in [-0.05, 0) is 6.42 Å². The maximum absolute atomic E-state index is 11.2. The summed E-state index contributed by atoms with van der Waals surface area (Å²) in [6.07, 6.45) is -1.48. The Hall–Kier alpha value is -1.68. The highest BCUT2D eigenvalue weighted by Crippen LogP contribution is 2.34. The minimum absolute atomic E-state index is 0.00852. The van der Waals surface area contributed by atoms with Gasteiger partial charge in [-0.2, -0.15) is 0 Å².